The van der Waals surface area contributed by atoms with E-state index in [0.29, 0.717) is 25.5 Å². The van der Waals surface area contributed by atoms with Gasteiger partial charge in [-0.3, -0.25) is 9.79 Å². The molecule has 2 N–H and O–H groups in total. The number of hydrogen-bond acceptors (Lipinski definition) is 3. The molecule has 0 bridgehead atoms. The molecule has 29 heavy (non-hydrogen) atoms. The smallest absolute Gasteiger partial charge is 0.224 e. The molecule has 1 amide bonds. The molecule has 2 aromatic rings. The van der Waals surface area contributed by atoms with E-state index in [1.165, 1.54) is 11.1 Å². The number of benzene rings is 2. The molecule has 6 heteroatoms. The van der Waals surface area contributed by atoms with Crippen LogP contribution in [-0.4, -0.2) is 50.6 Å². The molecule has 0 saturated carbocycles. The maximum Gasteiger partial charge on any atom is 0.224 e. The van der Waals surface area contributed by atoms with Crippen LogP contribution >= 0.6 is 0 Å². The highest BCUT2D eigenvalue weighted by molar-refractivity contribution is 5.81. The third-order valence-corrected chi connectivity index (χ3v) is 5.00. The molecule has 0 aliphatic carbocycles. The van der Waals surface area contributed by atoms with Crippen LogP contribution in [-0.2, 0) is 24.2 Å². The molecule has 0 unspecified atom stereocenters. The Balaban J connectivity index is 1.35. The van der Waals surface area contributed by atoms with Crippen molar-refractivity contribution < 1.29 is 9.53 Å². The number of carbonyl (C=O) groups is 1. The van der Waals surface area contributed by atoms with Crippen LogP contribution in [0.15, 0.2) is 53.5 Å². The molecule has 1 aliphatic heterocycles. The Morgan fingerprint density at radius 1 is 1.10 bits per heavy atom. The van der Waals surface area contributed by atoms with Gasteiger partial charge in [-0.15, -0.1) is 0 Å². The van der Waals surface area contributed by atoms with Gasteiger partial charge in [-0.25, -0.2) is 0 Å². The SMILES string of the molecule is CN=C(NCCC(=O)N(C)Cc1ccccc1)NCCc1ccc2c(c1)CCO2. The van der Waals surface area contributed by atoms with E-state index < -0.39 is 0 Å². The fourth-order valence-corrected chi connectivity index (χ4v) is 3.37. The van der Waals surface area contributed by atoms with Crippen molar-refractivity contribution in [2.45, 2.75) is 25.8 Å². The predicted octanol–water partition coefficient (Wildman–Crippen LogP) is 2.38. The van der Waals surface area contributed by atoms with Crippen LogP contribution in [0, 0.1) is 0 Å². The summed E-state index contributed by atoms with van der Waals surface area (Å²) in [7, 11) is 3.58. The van der Waals surface area contributed by atoms with Gasteiger partial charge in [-0.2, -0.15) is 0 Å². The second-order valence-corrected chi connectivity index (χ2v) is 7.20. The third kappa shape index (κ3) is 6.24. The zero-order valence-electron chi connectivity index (χ0n) is 17.3. The number of amides is 1. The predicted molar refractivity (Wildman–Crippen MR) is 116 cm³/mol. The Bertz CT molecular complexity index is 836. The molecule has 6 nitrogen and oxygen atoms in total. The standard InChI is InChI=1S/C23H30N4O2/c1-24-23(25-13-10-18-8-9-21-20(16-18)12-15-29-21)26-14-11-22(28)27(2)17-19-6-4-3-5-7-19/h3-9,16H,10-15,17H2,1-2H3,(H2,24,25,26). The van der Waals surface area contributed by atoms with Gasteiger partial charge in [0.15, 0.2) is 5.96 Å². The van der Waals surface area contributed by atoms with Gasteiger partial charge >= 0.3 is 0 Å². The van der Waals surface area contributed by atoms with Crippen molar-refractivity contribution in [3.8, 4) is 5.75 Å². The number of nitrogens with one attached hydrogen (secondary N) is 2. The molecule has 2 aromatic carbocycles. The fraction of sp³-hybridized carbons (Fsp3) is 0.391. The molecule has 1 aliphatic rings. The highest BCUT2D eigenvalue weighted by Gasteiger charge is 2.12. The zero-order valence-corrected chi connectivity index (χ0v) is 17.3. The molecule has 0 radical (unpaired) electrons. The first-order valence-electron chi connectivity index (χ1n) is 10.1. The van der Waals surface area contributed by atoms with E-state index >= 15 is 0 Å². The van der Waals surface area contributed by atoms with E-state index in [1.807, 2.05) is 37.4 Å². The van der Waals surface area contributed by atoms with Crippen molar-refractivity contribution in [1.82, 2.24) is 15.5 Å². The van der Waals surface area contributed by atoms with Gasteiger partial charge in [0.2, 0.25) is 5.91 Å². The van der Waals surface area contributed by atoms with Crippen molar-refractivity contribution >= 4 is 11.9 Å². The lowest BCUT2D eigenvalue weighted by Crippen LogP contribution is -2.40. The summed E-state index contributed by atoms with van der Waals surface area (Å²) in [5, 5.41) is 6.53. The van der Waals surface area contributed by atoms with Crippen LogP contribution in [0.5, 0.6) is 5.75 Å². The molecular formula is C23H30N4O2. The normalized spacial score (nSPS) is 12.8. The van der Waals surface area contributed by atoms with E-state index in [2.05, 4.69) is 33.8 Å². The van der Waals surface area contributed by atoms with Crippen LogP contribution in [0.4, 0.5) is 0 Å². The van der Waals surface area contributed by atoms with E-state index in [0.717, 1.165) is 37.3 Å². The Morgan fingerprint density at radius 2 is 1.90 bits per heavy atom. The summed E-state index contributed by atoms with van der Waals surface area (Å²) in [6.07, 6.45) is 2.33. The summed E-state index contributed by atoms with van der Waals surface area (Å²) in [6.45, 7) is 2.74. The van der Waals surface area contributed by atoms with Crippen molar-refractivity contribution in [3.05, 3.63) is 65.2 Å². The average Bonchev–Trinajstić information content (AvgIpc) is 3.21. The first-order valence-corrected chi connectivity index (χ1v) is 10.1. The van der Waals surface area contributed by atoms with Crippen LogP contribution in [0.2, 0.25) is 0 Å². The monoisotopic (exact) mass is 394 g/mol. The van der Waals surface area contributed by atoms with Crippen molar-refractivity contribution in [2.24, 2.45) is 4.99 Å². The number of carbonyl (C=O) groups excluding carboxylic acids is 1. The lowest BCUT2D eigenvalue weighted by molar-refractivity contribution is -0.130. The average molecular weight is 395 g/mol. The number of hydrogen-bond donors (Lipinski definition) is 2. The van der Waals surface area contributed by atoms with Gasteiger partial charge in [-0.1, -0.05) is 42.5 Å². The number of ether oxygens (including phenoxy) is 1. The fourth-order valence-electron chi connectivity index (χ4n) is 3.37. The van der Waals surface area contributed by atoms with E-state index in [-0.39, 0.29) is 5.91 Å². The summed E-state index contributed by atoms with van der Waals surface area (Å²) in [5.41, 5.74) is 3.71. The molecule has 1 heterocycles. The summed E-state index contributed by atoms with van der Waals surface area (Å²) < 4.78 is 5.55. The maximum absolute atomic E-state index is 12.3. The summed E-state index contributed by atoms with van der Waals surface area (Å²) in [4.78, 5) is 18.3. The second-order valence-electron chi connectivity index (χ2n) is 7.20. The Morgan fingerprint density at radius 3 is 2.69 bits per heavy atom. The molecule has 154 valence electrons. The number of fused-ring (bicyclic) bond motifs is 1. The molecule has 0 saturated heterocycles. The highest BCUT2D eigenvalue weighted by atomic mass is 16.5. The summed E-state index contributed by atoms with van der Waals surface area (Å²) in [6, 6.07) is 16.4. The summed E-state index contributed by atoms with van der Waals surface area (Å²) in [5.74, 6) is 1.84. The number of rotatable bonds is 8. The van der Waals surface area contributed by atoms with Crippen LogP contribution < -0.4 is 15.4 Å². The van der Waals surface area contributed by atoms with E-state index in [1.54, 1.807) is 11.9 Å². The molecule has 3 rings (SSSR count). The van der Waals surface area contributed by atoms with Gasteiger partial charge in [0, 0.05) is 46.6 Å². The number of nitrogens with zero attached hydrogens (tertiary/aromatic N) is 2. The Hall–Kier alpha value is -3.02. The van der Waals surface area contributed by atoms with Crippen LogP contribution in [0.25, 0.3) is 0 Å². The molecule has 0 fully saturated rings. The van der Waals surface area contributed by atoms with Gasteiger partial charge < -0.3 is 20.3 Å². The van der Waals surface area contributed by atoms with Crippen molar-refractivity contribution in [2.75, 3.05) is 33.8 Å². The van der Waals surface area contributed by atoms with Crippen LogP contribution in [0.3, 0.4) is 0 Å². The maximum atomic E-state index is 12.3. The van der Waals surface area contributed by atoms with Gasteiger partial charge in [-0.05, 0) is 29.2 Å². The third-order valence-electron chi connectivity index (χ3n) is 5.00. The van der Waals surface area contributed by atoms with E-state index in [9.17, 15) is 4.79 Å². The zero-order chi connectivity index (χ0) is 20.5. The highest BCUT2D eigenvalue weighted by Crippen LogP contribution is 2.25. The summed E-state index contributed by atoms with van der Waals surface area (Å²) >= 11 is 0. The van der Waals surface area contributed by atoms with Gasteiger partial charge in [0.1, 0.15) is 5.75 Å². The lowest BCUT2D eigenvalue weighted by atomic mass is 10.1. The molecule has 0 aromatic heterocycles. The van der Waals surface area contributed by atoms with E-state index in [4.69, 9.17) is 4.74 Å². The second kappa shape index (κ2) is 10.5. The van der Waals surface area contributed by atoms with Gasteiger partial charge in [0.25, 0.3) is 0 Å². The topological polar surface area (TPSA) is 66.0 Å². The first-order chi connectivity index (χ1) is 14.2. The number of guanidine groups is 1. The van der Waals surface area contributed by atoms with Crippen LogP contribution in [0.1, 0.15) is 23.1 Å². The minimum atomic E-state index is 0.108. The molecule has 0 atom stereocenters. The minimum Gasteiger partial charge on any atom is -0.493 e. The lowest BCUT2D eigenvalue weighted by Gasteiger charge is -2.18. The first kappa shape index (κ1) is 20.7. The number of aliphatic imine (C=N–C) groups is 1. The quantitative estimate of drug-likeness (QED) is 0.533. The molecule has 0 spiro atoms. The van der Waals surface area contributed by atoms with Crippen molar-refractivity contribution in [1.29, 1.82) is 0 Å². The Labute approximate surface area is 173 Å². The Kier molecular flexibility index (Phi) is 7.50. The molecular weight excluding hydrogens is 364 g/mol. The largest absolute Gasteiger partial charge is 0.493 e. The van der Waals surface area contributed by atoms with Gasteiger partial charge in [0.05, 0.1) is 6.61 Å². The minimum absolute atomic E-state index is 0.108. The van der Waals surface area contributed by atoms with Crippen molar-refractivity contribution in [3.63, 3.8) is 0 Å².